The van der Waals surface area contributed by atoms with Crippen LogP contribution in [0.3, 0.4) is 0 Å². The Morgan fingerprint density at radius 1 is 0.403 bits per heavy atom. The molecule has 2 aliphatic heterocycles. The summed E-state index contributed by atoms with van der Waals surface area (Å²) in [5, 5.41) is 0. The summed E-state index contributed by atoms with van der Waals surface area (Å²) in [6.45, 7) is 31.5. The molecule has 0 bridgehead atoms. The van der Waals surface area contributed by atoms with Crippen molar-refractivity contribution in [1.82, 2.24) is 0 Å². The molecule has 0 saturated carbocycles. The second kappa shape index (κ2) is 13.4. The summed E-state index contributed by atoms with van der Waals surface area (Å²) in [6.07, 6.45) is 6.71. The molecule has 2 heterocycles. The first-order valence-electron chi connectivity index (χ1n) is 27.1. The topological polar surface area (TPSA) is 6.48 Å². The molecule has 0 unspecified atom stereocenters. The first-order chi connectivity index (χ1) is 32.6. The molecule has 0 atom stereocenters. The minimum absolute atomic E-state index is 0.0165. The Labute approximate surface area is 407 Å². The van der Waals surface area contributed by atoms with Gasteiger partial charge in [0.1, 0.15) is 0 Å². The molecule has 342 valence electrons. The Kier molecular flexibility index (Phi) is 7.98. The van der Waals surface area contributed by atoms with Gasteiger partial charge in [-0.05, 0) is 198 Å². The number of benzene rings is 6. The maximum atomic E-state index is 9.29. The van der Waals surface area contributed by atoms with Crippen LogP contribution in [-0.2, 0) is 37.9 Å². The summed E-state index contributed by atoms with van der Waals surface area (Å²) in [5.41, 5.74) is 24.0. The minimum atomic E-state index is -2.36. The smallest absolute Gasteiger partial charge is 0.252 e. The largest absolute Gasteiger partial charge is 0.311 e. The van der Waals surface area contributed by atoms with E-state index in [4.69, 9.17) is 0 Å². The summed E-state index contributed by atoms with van der Waals surface area (Å²) in [7, 11) is 0. The van der Waals surface area contributed by atoms with Crippen molar-refractivity contribution in [2.24, 2.45) is 0 Å². The lowest BCUT2D eigenvalue weighted by Gasteiger charge is -2.49. The molecule has 0 aromatic heterocycles. The third kappa shape index (κ3) is 5.88. The number of hydrogen-bond acceptors (Lipinski definition) is 2. The highest BCUT2D eigenvalue weighted by Crippen LogP contribution is 2.58. The van der Waals surface area contributed by atoms with Crippen molar-refractivity contribution in [2.75, 3.05) is 9.80 Å². The van der Waals surface area contributed by atoms with Crippen LogP contribution in [0.2, 0.25) is 0 Å². The summed E-state index contributed by atoms with van der Waals surface area (Å²) in [5.74, 6) is 0. The number of anilines is 6. The Morgan fingerprint density at radius 3 is 1.42 bits per heavy atom. The fourth-order valence-corrected chi connectivity index (χ4v) is 14.4. The Morgan fingerprint density at radius 2 is 0.866 bits per heavy atom. The zero-order valence-corrected chi connectivity index (χ0v) is 43.0. The fraction of sp³-hybridized carbons (Fsp3) is 0.438. The maximum absolute atomic E-state index is 9.29. The molecule has 2 nitrogen and oxygen atoms in total. The van der Waals surface area contributed by atoms with E-state index in [0.29, 0.717) is 5.56 Å². The molecule has 0 fully saturated rings. The van der Waals surface area contributed by atoms with Crippen molar-refractivity contribution in [1.29, 1.82) is 0 Å². The highest BCUT2D eigenvalue weighted by Gasteiger charge is 2.50. The second-order valence-corrected chi connectivity index (χ2v) is 26.3. The van der Waals surface area contributed by atoms with E-state index in [1.807, 2.05) is 0 Å². The van der Waals surface area contributed by atoms with Gasteiger partial charge in [-0.1, -0.05) is 152 Å². The molecule has 0 saturated heterocycles. The van der Waals surface area contributed by atoms with Crippen molar-refractivity contribution >= 4 is 57.2 Å². The zero-order chi connectivity index (χ0) is 49.8. The van der Waals surface area contributed by atoms with Crippen LogP contribution in [0.4, 0.5) is 34.1 Å². The SMILES string of the molecule is [2H]C([2H])([2H])c1cc2c3c(c1)N(c1cccc4c1C(C)(C)c1ccccc1-4)c1cc4c(cc1B3c1cc3c(cc1N2c1ccc2c(c1)C(C)(C)CCC2(C)C)C(C)(C)CCC3(C)C)C(C)(C)CCC4(C)C. The van der Waals surface area contributed by atoms with Crippen LogP contribution < -0.4 is 26.2 Å². The van der Waals surface area contributed by atoms with Gasteiger partial charge < -0.3 is 9.80 Å². The molecule has 0 amide bonds. The molecule has 0 spiro atoms. The summed E-state index contributed by atoms with van der Waals surface area (Å²) in [4.78, 5) is 5.05. The molecular formula is C64H73BN2. The van der Waals surface area contributed by atoms with Crippen LogP contribution in [0.1, 0.15) is 190 Å². The van der Waals surface area contributed by atoms with Gasteiger partial charge in [-0.25, -0.2) is 0 Å². The van der Waals surface area contributed by atoms with Crippen LogP contribution in [0, 0.1) is 6.85 Å². The van der Waals surface area contributed by atoms with Gasteiger partial charge in [-0.15, -0.1) is 0 Å². The third-order valence-corrected chi connectivity index (χ3v) is 18.9. The molecule has 6 aliphatic rings. The van der Waals surface area contributed by atoms with E-state index in [1.54, 1.807) is 0 Å². The molecule has 67 heavy (non-hydrogen) atoms. The lowest BCUT2D eigenvalue weighted by Crippen LogP contribution is -2.62. The molecule has 3 heteroatoms. The van der Waals surface area contributed by atoms with Gasteiger partial charge in [0.05, 0.1) is 5.69 Å². The van der Waals surface area contributed by atoms with E-state index in [2.05, 4.69) is 204 Å². The average Bonchev–Trinajstić information content (AvgIpc) is 3.53. The number of fused-ring (bicyclic) bond motifs is 10. The van der Waals surface area contributed by atoms with Crippen LogP contribution in [0.5, 0.6) is 0 Å². The highest BCUT2D eigenvalue weighted by molar-refractivity contribution is 7.00. The van der Waals surface area contributed by atoms with Crippen molar-refractivity contribution in [3.8, 4) is 11.1 Å². The fourth-order valence-electron chi connectivity index (χ4n) is 14.4. The normalized spacial score (nSPS) is 22.6. The zero-order valence-electron chi connectivity index (χ0n) is 46.0. The van der Waals surface area contributed by atoms with Gasteiger partial charge in [0, 0.05) is 38.0 Å². The lowest BCUT2D eigenvalue weighted by atomic mass is 9.32. The summed E-state index contributed by atoms with van der Waals surface area (Å²) >= 11 is 0. The Bertz CT molecular complexity index is 3270. The van der Waals surface area contributed by atoms with Crippen molar-refractivity contribution in [2.45, 2.75) is 180 Å². The van der Waals surface area contributed by atoms with E-state index < -0.39 is 6.85 Å². The third-order valence-electron chi connectivity index (χ3n) is 18.9. The van der Waals surface area contributed by atoms with E-state index in [-0.39, 0.29) is 44.6 Å². The quantitative estimate of drug-likeness (QED) is 0.160. The number of aryl methyl sites for hydroxylation is 1. The molecule has 0 N–H and O–H groups in total. The van der Waals surface area contributed by atoms with E-state index >= 15 is 0 Å². The second-order valence-electron chi connectivity index (χ2n) is 26.3. The number of rotatable bonds is 2. The predicted octanol–water partition coefficient (Wildman–Crippen LogP) is 15.4. The monoisotopic (exact) mass is 884 g/mol. The Balaban J connectivity index is 1.25. The first kappa shape index (κ1) is 39.9. The van der Waals surface area contributed by atoms with Crippen LogP contribution in [0.25, 0.3) is 11.1 Å². The lowest BCUT2D eigenvalue weighted by molar-refractivity contribution is 0.332. The van der Waals surface area contributed by atoms with Crippen LogP contribution >= 0.6 is 0 Å². The molecule has 6 aromatic rings. The predicted molar refractivity (Wildman–Crippen MR) is 289 cm³/mol. The van der Waals surface area contributed by atoms with Gasteiger partial charge >= 0.3 is 0 Å². The van der Waals surface area contributed by atoms with E-state index in [9.17, 15) is 4.11 Å². The molecule has 0 radical (unpaired) electrons. The molecule has 12 rings (SSSR count). The van der Waals surface area contributed by atoms with E-state index in [0.717, 1.165) is 61.3 Å². The first-order valence-corrected chi connectivity index (χ1v) is 25.6. The minimum Gasteiger partial charge on any atom is -0.311 e. The highest BCUT2D eigenvalue weighted by atomic mass is 15.2. The van der Waals surface area contributed by atoms with Gasteiger partial charge in [0.2, 0.25) is 0 Å². The Hall–Kier alpha value is -5.02. The number of nitrogens with zero attached hydrogens (tertiary/aromatic N) is 2. The number of hydrogen-bond donors (Lipinski definition) is 0. The van der Waals surface area contributed by atoms with Crippen molar-refractivity contribution in [3.63, 3.8) is 0 Å². The molecule has 4 aliphatic carbocycles. The maximum Gasteiger partial charge on any atom is 0.252 e. The van der Waals surface area contributed by atoms with Crippen molar-refractivity contribution in [3.05, 3.63) is 147 Å². The average molecular weight is 884 g/mol. The summed E-state index contributed by atoms with van der Waals surface area (Å²) < 4.78 is 27.9. The van der Waals surface area contributed by atoms with Crippen LogP contribution in [-0.4, -0.2) is 6.71 Å². The van der Waals surface area contributed by atoms with Gasteiger partial charge in [-0.2, -0.15) is 0 Å². The van der Waals surface area contributed by atoms with E-state index in [1.165, 1.54) is 83.4 Å². The standard InChI is InChI=1S/C64H73BN2/c1-38-31-54-57-55(32-38)67(51-22-18-20-41-40-19-16-17-21-42(40)64(14,15)56(41)51)53-37-48-46(61(8,9)28-30-63(48,12)13)35-50(53)65(57)49-34-45-47(62(10,11)29-27-60(45,6)7)36-52(49)66(54)39-23-24-43-44(33-39)59(4,5)26-25-58(43,2)3/h16-24,31-37H,25-30H2,1-15H3/i1D3. The molecular weight excluding hydrogens is 808 g/mol. The van der Waals surface area contributed by atoms with Crippen LogP contribution in [0.15, 0.2) is 97.1 Å². The van der Waals surface area contributed by atoms with Crippen molar-refractivity contribution < 1.29 is 4.11 Å². The summed E-state index contributed by atoms with van der Waals surface area (Å²) in [6, 6.07) is 37.6. The van der Waals surface area contributed by atoms with Gasteiger partial charge in [-0.3, -0.25) is 0 Å². The van der Waals surface area contributed by atoms with Gasteiger partial charge in [0.25, 0.3) is 6.71 Å². The molecule has 6 aromatic carbocycles. The van der Waals surface area contributed by atoms with Gasteiger partial charge in [0.15, 0.2) is 0 Å².